The van der Waals surface area contributed by atoms with Crippen LogP contribution < -0.4 is 10.2 Å². The van der Waals surface area contributed by atoms with Gasteiger partial charge in [-0.2, -0.15) is 0 Å². The van der Waals surface area contributed by atoms with Gasteiger partial charge in [0.1, 0.15) is 0 Å². The second kappa shape index (κ2) is 8.53. The maximum Gasteiger partial charge on any atom is 0.251 e. The summed E-state index contributed by atoms with van der Waals surface area (Å²) >= 11 is 0. The molecule has 0 spiro atoms. The topological polar surface area (TPSA) is 46.5 Å². The van der Waals surface area contributed by atoms with Crippen LogP contribution in [0.15, 0.2) is 60.7 Å². The predicted octanol–water partition coefficient (Wildman–Crippen LogP) is 3.86. The van der Waals surface area contributed by atoms with Crippen LogP contribution in [0.5, 0.6) is 0 Å². The summed E-state index contributed by atoms with van der Waals surface area (Å²) in [5.41, 5.74) is 6.39. The molecule has 29 heavy (non-hydrogen) atoms. The second-order valence-corrected chi connectivity index (χ2v) is 7.45. The molecule has 1 aliphatic heterocycles. The molecule has 4 rings (SSSR count). The van der Waals surface area contributed by atoms with E-state index in [1.54, 1.807) is 0 Å². The van der Waals surface area contributed by atoms with Crippen molar-refractivity contribution in [3.8, 4) is 5.69 Å². The molecule has 1 aromatic heterocycles. The summed E-state index contributed by atoms with van der Waals surface area (Å²) < 4.78 is 7.58. The molecule has 2 aromatic carbocycles. The van der Waals surface area contributed by atoms with Crippen molar-refractivity contribution in [2.45, 2.75) is 20.4 Å². The van der Waals surface area contributed by atoms with Gasteiger partial charge in [-0.25, -0.2) is 0 Å². The molecule has 2 heterocycles. The number of aromatic nitrogens is 1. The number of benzene rings is 2. The Labute approximate surface area is 171 Å². The lowest BCUT2D eigenvalue weighted by Crippen LogP contribution is -2.36. The summed E-state index contributed by atoms with van der Waals surface area (Å²) in [7, 11) is 0. The van der Waals surface area contributed by atoms with E-state index >= 15 is 0 Å². The third kappa shape index (κ3) is 4.35. The molecule has 1 amide bonds. The van der Waals surface area contributed by atoms with E-state index in [0.717, 1.165) is 37.6 Å². The highest BCUT2D eigenvalue weighted by Crippen LogP contribution is 2.18. The van der Waals surface area contributed by atoms with Gasteiger partial charge in [-0.15, -0.1) is 0 Å². The van der Waals surface area contributed by atoms with E-state index in [2.05, 4.69) is 65.0 Å². The highest BCUT2D eigenvalue weighted by atomic mass is 16.5. The Morgan fingerprint density at radius 1 is 0.862 bits per heavy atom. The number of rotatable bonds is 5. The van der Waals surface area contributed by atoms with E-state index in [9.17, 15) is 4.79 Å². The van der Waals surface area contributed by atoms with Crippen molar-refractivity contribution in [2.75, 3.05) is 31.2 Å². The fourth-order valence-corrected chi connectivity index (χ4v) is 3.77. The number of carbonyl (C=O) groups excluding carboxylic acids is 1. The number of hydrogen-bond donors (Lipinski definition) is 1. The van der Waals surface area contributed by atoms with Crippen LogP contribution in [0.4, 0.5) is 5.69 Å². The lowest BCUT2D eigenvalue weighted by atomic mass is 10.1. The van der Waals surface area contributed by atoms with E-state index < -0.39 is 0 Å². The molecule has 0 atom stereocenters. The summed E-state index contributed by atoms with van der Waals surface area (Å²) in [4.78, 5) is 14.8. The van der Waals surface area contributed by atoms with Crippen LogP contribution in [0, 0.1) is 13.8 Å². The molecule has 5 heteroatoms. The molecule has 0 aliphatic carbocycles. The predicted molar refractivity (Wildman–Crippen MR) is 116 cm³/mol. The third-order valence-electron chi connectivity index (χ3n) is 5.42. The SMILES string of the molecule is Cc1ccc(C)n1-c1ccc(C(=O)NCc2ccc(N3CCOCC3)cc2)cc1. The smallest absolute Gasteiger partial charge is 0.251 e. The molecule has 1 fully saturated rings. The van der Waals surface area contributed by atoms with Gasteiger partial charge in [0.2, 0.25) is 0 Å². The minimum Gasteiger partial charge on any atom is -0.378 e. The van der Waals surface area contributed by atoms with Crippen molar-refractivity contribution >= 4 is 11.6 Å². The Balaban J connectivity index is 1.36. The van der Waals surface area contributed by atoms with Crippen molar-refractivity contribution in [2.24, 2.45) is 0 Å². The van der Waals surface area contributed by atoms with Gasteiger partial charge >= 0.3 is 0 Å². The van der Waals surface area contributed by atoms with Crippen LogP contribution in [0.25, 0.3) is 5.69 Å². The average Bonchev–Trinajstić information content (AvgIpc) is 3.11. The number of anilines is 1. The number of hydrogen-bond acceptors (Lipinski definition) is 3. The Bertz CT molecular complexity index is 949. The van der Waals surface area contributed by atoms with Gasteiger partial charge in [-0.3, -0.25) is 4.79 Å². The van der Waals surface area contributed by atoms with Crippen LogP contribution in [-0.4, -0.2) is 36.8 Å². The Kier molecular flexibility index (Phi) is 5.67. The van der Waals surface area contributed by atoms with Gasteiger partial charge in [-0.1, -0.05) is 12.1 Å². The fourth-order valence-electron chi connectivity index (χ4n) is 3.77. The maximum atomic E-state index is 12.5. The maximum absolute atomic E-state index is 12.5. The lowest BCUT2D eigenvalue weighted by Gasteiger charge is -2.28. The molecule has 150 valence electrons. The molecule has 5 nitrogen and oxygen atoms in total. The zero-order valence-electron chi connectivity index (χ0n) is 17.0. The van der Waals surface area contributed by atoms with Gasteiger partial charge < -0.3 is 19.5 Å². The highest BCUT2D eigenvalue weighted by Gasteiger charge is 2.11. The zero-order chi connectivity index (χ0) is 20.2. The van der Waals surface area contributed by atoms with Gasteiger partial charge in [0.25, 0.3) is 5.91 Å². The van der Waals surface area contributed by atoms with Crippen molar-refractivity contribution in [3.05, 3.63) is 83.2 Å². The molecule has 1 saturated heterocycles. The molecule has 0 unspecified atom stereocenters. The first-order chi connectivity index (χ1) is 14.1. The molecule has 1 N–H and O–H groups in total. The Morgan fingerprint density at radius 2 is 1.45 bits per heavy atom. The van der Waals surface area contributed by atoms with Gasteiger partial charge in [-0.05, 0) is 67.9 Å². The van der Waals surface area contributed by atoms with Crippen LogP contribution in [0.3, 0.4) is 0 Å². The highest BCUT2D eigenvalue weighted by molar-refractivity contribution is 5.94. The summed E-state index contributed by atoms with van der Waals surface area (Å²) in [6.45, 7) is 8.08. The van der Waals surface area contributed by atoms with Gasteiger partial charge in [0, 0.05) is 48.0 Å². The average molecular weight is 389 g/mol. The third-order valence-corrected chi connectivity index (χ3v) is 5.42. The van der Waals surface area contributed by atoms with E-state index in [1.807, 2.05) is 24.3 Å². The summed E-state index contributed by atoms with van der Waals surface area (Å²) in [6.07, 6.45) is 0. The summed E-state index contributed by atoms with van der Waals surface area (Å²) in [5.74, 6) is -0.0604. The monoisotopic (exact) mass is 389 g/mol. The first-order valence-corrected chi connectivity index (χ1v) is 10.1. The lowest BCUT2D eigenvalue weighted by molar-refractivity contribution is 0.0951. The van der Waals surface area contributed by atoms with Crippen molar-refractivity contribution in [1.29, 1.82) is 0 Å². The number of ether oxygens (including phenoxy) is 1. The van der Waals surface area contributed by atoms with Crippen LogP contribution in [0.2, 0.25) is 0 Å². The molecular weight excluding hydrogens is 362 g/mol. The Hall–Kier alpha value is -3.05. The number of morpholine rings is 1. The van der Waals surface area contributed by atoms with Gasteiger partial charge in [0.05, 0.1) is 13.2 Å². The van der Waals surface area contributed by atoms with Crippen molar-refractivity contribution < 1.29 is 9.53 Å². The number of aryl methyl sites for hydroxylation is 2. The standard InChI is InChI=1S/C24H27N3O2/c1-18-3-4-19(2)27(18)23-11-7-21(8-12-23)24(28)25-17-20-5-9-22(10-6-20)26-13-15-29-16-14-26/h3-12H,13-17H2,1-2H3,(H,25,28). The number of amides is 1. The van der Waals surface area contributed by atoms with Crippen molar-refractivity contribution in [1.82, 2.24) is 9.88 Å². The molecular formula is C24H27N3O2. The molecule has 0 saturated carbocycles. The Morgan fingerprint density at radius 3 is 2.07 bits per heavy atom. The van der Waals surface area contributed by atoms with Gasteiger partial charge in [0.15, 0.2) is 0 Å². The van der Waals surface area contributed by atoms with Crippen molar-refractivity contribution in [3.63, 3.8) is 0 Å². The van der Waals surface area contributed by atoms with E-state index in [1.165, 1.54) is 17.1 Å². The quantitative estimate of drug-likeness (QED) is 0.721. The molecule has 0 radical (unpaired) electrons. The number of nitrogens with one attached hydrogen (secondary N) is 1. The minimum atomic E-state index is -0.0604. The number of nitrogens with zero attached hydrogens (tertiary/aromatic N) is 2. The van der Waals surface area contributed by atoms with E-state index in [0.29, 0.717) is 12.1 Å². The first-order valence-electron chi connectivity index (χ1n) is 10.1. The normalized spacial score (nSPS) is 14.1. The molecule has 0 bridgehead atoms. The van der Waals surface area contributed by atoms with Crippen LogP contribution in [0.1, 0.15) is 27.3 Å². The molecule has 3 aromatic rings. The van der Waals surface area contributed by atoms with E-state index in [-0.39, 0.29) is 5.91 Å². The first kappa shape index (κ1) is 19.3. The minimum absolute atomic E-state index is 0.0604. The number of carbonyl (C=O) groups is 1. The fraction of sp³-hybridized carbons (Fsp3) is 0.292. The summed E-state index contributed by atoms with van der Waals surface area (Å²) in [6, 6.07) is 20.3. The molecule has 1 aliphatic rings. The van der Waals surface area contributed by atoms with E-state index in [4.69, 9.17) is 4.74 Å². The zero-order valence-corrected chi connectivity index (χ0v) is 17.0. The summed E-state index contributed by atoms with van der Waals surface area (Å²) in [5, 5.41) is 3.01. The van der Waals surface area contributed by atoms with Crippen LogP contribution >= 0.6 is 0 Å². The van der Waals surface area contributed by atoms with Crippen LogP contribution in [-0.2, 0) is 11.3 Å². The largest absolute Gasteiger partial charge is 0.378 e. The second-order valence-electron chi connectivity index (χ2n) is 7.45.